The number of pyridine rings is 1. The van der Waals surface area contributed by atoms with E-state index in [-0.39, 0.29) is 17.3 Å². The first-order valence-electron chi connectivity index (χ1n) is 13.5. The molecule has 6 rings (SSSR count). The Balaban J connectivity index is 1.33. The maximum Gasteiger partial charge on any atom is 0.155 e. The van der Waals surface area contributed by atoms with Crippen molar-refractivity contribution in [3.8, 4) is 17.3 Å². The van der Waals surface area contributed by atoms with Crippen LogP contribution in [-0.4, -0.2) is 42.0 Å². The summed E-state index contributed by atoms with van der Waals surface area (Å²) in [7, 11) is 0. The number of fused-ring (bicyclic) bond motifs is 2. The van der Waals surface area contributed by atoms with E-state index in [2.05, 4.69) is 25.8 Å². The van der Waals surface area contributed by atoms with Gasteiger partial charge >= 0.3 is 0 Å². The molecule has 0 saturated carbocycles. The van der Waals surface area contributed by atoms with Crippen LogP contribution in [0.5, 0.6) is 0 Å². The molecule has 1 aliphatic heterocycles. The third-order valence-electron chi connectivity index (χ3n) is 8.24. The maximum absolute atomic E-state index is 14.7. The van der Waals surface area contributed by atoms with Crippen molar-refractivity contribution in [2.75, 3.05) is 18.0 Å². The average molecular weight is 558 g/mol. The summed E-state index contributed by atoms with van der Waals surface area (Å²) in [5.74, 6) is 0.519. The molecule has 2 atom stereocenters. The van der Waals surface area contributed by atoms with Crippen molar-refractivity contribution in [2.24, 2.45) is 5.41 Å². The summed E-state index contributed by atoms with van der Waals surface area (Å²) in [6.07, 6.45) is 5.79. The van der Waals surface area contributed by atoms with E-state index in [1.165, 1.54) is 6.07 Å². The van der Waals surface area contributed by atoms with Crippen molar-refractivity contribution in [2.45, 2.75) is 57.7 Å². The summed E-state index contributed by atoms with van der Waals surface area (Å²) in [6, 6.07) is 12.6. The van der Waals surface area contributed by atoms with Crippen LogP contribution in [0, 0.1) is 29.5 Å². The molecule has 3 aromatic heterocycles. The van der Waals surface area contributed by atoms with Crippen molar-refractivity contribution in [1.29, 1.82) is 5.26 Å². The summed E-state index contributed by atoms with van der Waals surface area (Å²) in [4.78, 5) is 11.9. The smallest absolute Gasteiger partial charge is 0.155 e. The standard InChI is InChI=1S/C30H32FN7OS/c1-19-26(21-7-5-6-8-23(21)31)38-25(9-12-34-38)28(35-19)37-13-10-30(11-14-37)16-24-22(15-20(17-32)18-33-24)27(30)36-40(39)29(2,3)4/h5-9,12,15,18,27,36H,10-11,13-14,16H2,1-4H3/t27-,40?/m1/s1. The first-order valence-corrected chi connectivity index (χ1v) is 14.7. The van der Waals surface area contributed by atoms with Crippen molar-refractivity contribution < 1.29 is 8.94 Å². The molecular weight excluding hydrogens is 525 g/mol. The second kappa shape index (κ2) is 9.84. The Labute approximate surface area is 236 Å². The number of rotatable bonds is 4. The van der Waals surface area contributed by atoms with Crippen LogP contribution in [0.1, 0.15) is 62.2 Å². The third-order valence-corrected chi connectivity index (χ3v) is 9.81. The minimum Gasteiger partial charge on any atom is -0.598 e. The van der Waals surface area contributed by atoms with Crippen LogP contribution < -0.4 is 9.62 Å². The highest BCUT2D eigenvalue weighted by Gasteiger charge is 2.51. The molecule has 1 aliphatic carbocycles. The Morgan fingerprint density at radius 3 is 2.65 bits per heavy atom. The number of hydrogen-bond acceptors (Lipinski definition) is 7. The third kappa shape index (κ3) is 4.42. The van der Waals surface area contributed by atoms with Gasteiger partial charge in [0.15, 0.2) is 5.82 Å². The molecule has 1 aromatic carbocycles. The Morgan fingerprint density at radius 1 is 1.20 bits per heavy atom. The van der Waals surface area contributed by atoms with Gasteiger partial charge in [0.1, 0.15) is 22.2 Å². The molecule has 1 unspecified atom stereocenters. The fourth-order valence-corrected chi connectivity index (χ4v) is 7.05. The fraction of sp³-hybridized carbons (Fsp3) is 0.400. The monoisotopic (exact) mass is 557 g/mol. The van der Waals surface area contributed by atoms with E-state index < -0.39 is 16.1 Å². The van der Waals surface area contributed by atoms with Crippen LogP contribution in [0.4, 0.5) is 10.2 Å². The Morgan fingerprint density at radius 2 is 1.95 bits per heavy atom. The second-order valence-electron chi connectivity index (χ2n) is 11.8. The highest BCUT2D eigenvalue weighted by molar-refractivity contribution is 7.90. The van der Waals surface area contributed by atoms with Crippen LogP contribution in [0.25, 0.3) is 16.8 Å². The predicted octanol–water partition coefficient (Wildman–Crippen LogP) is 5.05. The van der Waals surface area contributed by atoms with E-state index in [0.717, 1.165) is 54.9 Å². The van der Waals surface area contributed by atoms with Crippen LogP contribution >= 0.6 is 0 Å². The lowest BCUT2D eigenvalue weighted by Crippen LogP contribution is -2.50. The van der Waals surface area contributed by atoms with E-state index >= 15 is 0 Å². The molecule has 10 heteroatoms. The Kier molecular flexibility index (Phi) is 6.56. The maximum atomic E-state index is 14.7. The van der Waals surface area contributed by atoms with Crippen molar-refractivity contribution >= 4 is 22.7 Å². The number of aryl methyl sites for hydroxylation is 1. The molecule has 0 radical (unpaired) electrons. The zero-order chi connectivity index (χ0) is 28.2. The second-order valence-corrected chi connectivity index (χ2v) is 13.8. The van der Waals surface area contributed by atoms with Gasteiger partial charge < -0.3 is 9.45 Å². The molecule has 0 bridgehead atoms. The first-order chi connectivity index (χ1) is 19.1. The highest BCUT2D eigenvalue weighted by Crippen LogP contribution is 2.52. The topological polar surface area (TPSA) is 105 Å². The Hall–Kier alpha value is -3.52. The average Bonchev–Trinajstić information content (AvgIpc) is 3.52. The summed E-state index contributed by atoms with van der Waals surface area (Å²) in [5, 5.41) is 14.1. The molecule has 1 fully saturated rings. The van der Waals surface area contributed by atoms with E-state index in [1.54, 1.807) is 29.0 Å². The number of nitrogens with one attached hydrogen (secondary N) is 1. The SMILES string of the molecule is Cc1nc(N2CCC3(CC2)Cc2ncc(C#N)cc2[C@H]3N[S+]([O-])C(C)(C)C)c2ccnn2c1-c1ccccc1F. The lowest BCUT2D eigenvalue weighted by molar-refractivity contribution is 0.175. The molecule has 1 N–H and O–H groups in total. The molecular formula is C30H32FN7OS. The summed E-state index contributed by atoms with van der Waals surface area (Å²) < 4.78 is 32.8. The highest BCUT2D eigenvalue weighted by atomic mass is 32.2. The van der Waals surface area contributed by atoms with Gasteiger partial charge in [0, 0.05) is 47.3 Å². The van der Waals surface area contributed by atoms with E-state index in [4.69, 9.17) is 4.98 Å². The minimum atomic E-state index is -1.28. The van der Waals surface area contributed by atoms with Crippen LogP contribution in [-0.2, 0) is 17.8 Å². The molecule has 4 heterocycles. The molecule has 8 nitrogen and oxygen atoms in total. The summed E-state index contributed by atoms with van der Waals surface area (Å²) >= 11 is -1.28. The quantitative estimate of drug-likeness (QED) is 0.350. The van der Waals surface area contributed by atoms with Gasteiger partial charge in [0.2, 0.25) is 0 Å². The lowest BCUT2D eigenvalue weighted by atomic mass is 9.73. The molecule has 2 aliphatic rings. The van der Waals surface area contributed by atoms with Crippen LogP contribution in [0.3, 0.4) is 0 Å². The zero-order valence-electron chi connectivity index (χ0n) is 23.1. The lowest BCUT2D eigenvalue weighted by Gasteiger charge is -2.44. The van der Waals surface area contributed by atoms with Gasteiger partial charge in [-0.3, -0.25) is 4.98 Å². The van der Waals surface area contributed by atoms with Crippen molar-refractivity contribution in [3.05, 3.63) is 77.1 Å². The van der Waals surface area contributed by atoms with Gasteiger partial charge in [0.05, 0.1) is 29.2 Å². The van der Waals surface area contributed by atoms with Crippen LogP contribution in [0.15, 0.2) is 48.8 Å². The molecule has 1 spiro atoms. The van der Waals surface area contributed by atoms with Crippen molar-refractivity contribution in [3.63, 3.8) is 0 Å². The number of nitriles is 1. The van der Waals surface area contributed by atoms with Gasteiger partial charge in [-0.1, -0.05) is 12.1 Å². The van der Waals surface area contributed by atoms with Gasteiger partial charge in [-0.05, 0) is 76.8 Å². The number of benzene rings is 1. The molecule has 1 saturated heterocycles. The van der Waals surface area contributed by atoms with E-state index in [9.17, 15) is 14.2 Å². The van der Waals surface area contributed by atoms with E-state index in [0.29, 0.717) is 22.5 Å². The van der Waals surface area contributed by atoms with Gasteiger partial charge in [-0.15, -0.1) is 4.72 Å². The number of piperidine rings is 1. The molecule has 0 amide bonds. The number of anilines is 1. The summed E-state index contributed by atoms with van der Waals surface area (Å²) in [5.41, 5.74) is 4.94. The molecule has 4 aromatic rings. The number of hydrogen-bond donors (Lipinski definition) is 1. The zero-order valence-corrected chi connectivity index (χ0v) is 23.9. The van der Waals surface area contributed by atoms with E-state index in [1.807, 2.05) is 45.9 Å². The number of halogens is 1. The summed E-state index contributed by atoms with van der Waals surface area (Å²) in [6.45, 7) is 9.26. The largest absolute Gasteiger partial charge is 0.598 e. The minimum absolute atomic E-state index is 0.168. The normalized spacial score (nSPS) is 19.1. The Bertz CT molecular complexity index is 1630. The number of aromatic nitrogens is 4. The van der Waals surface area contributed by atoms with Gasteiger partial charge in [-0.25, -0.2) is 13.9 Å². The van der Waals surface area contributed by atoms with Gasteiger partial charge in [-0.2, -0.15) is 10.4 Å². The fourth-order valence-electron chi connectivity index (χ4n) is 6.10. The van der Waals surface area contributed by atoms with Crippen LogP contribution in [0.2, 0.25) is 0 Å². The molecule has 206 valence electrons. The first kappa shape index (κ1) is 26.7. The number of nitrogens with zero attached hydrogens (tertiary/aromatic N) is 6. The molecule has 40 heavy (non-hydrogen) atoms. The predicted molar refractivity (Wildman–Crippen MR) is 153 cm³/mol. The van der Waals surface area contributed by atoms with Crippen molar-refractivity contribution in [1.82, 2.24) is 24.3 Å². The van der Waals surface area contributed by atoms with Gasteiger partial charge in [0.25, 0.3) is 0 Å².